The molecule has 0 aliphatic rings. The summed E-state index contributed by atoms with van der Waals surface area (Å²) in [5, 5.41) is 23.3. The lowest BCUT2D eigenvalue weighted by atomic mass is 9.94. The molecule has 0 saturated heterocycles. The Kier molecular flexibility index (Phi) is 4.51. The van der Waals surface area contributed by atoms with Crippen LogP contribution < -0.4 is 5.32 Å². The van der Waals surface area contributed by atoms with Gasteiger partial charge in [0.05, 0.1) is 21.5 Å². The van der Waals surface area contributed by atoms with E-state index in [1.165, 1.54) is 0 Å². The number of rotatable bonds is 4. The fourth-order valence-corrected chi connectivity index (χ4v) is 4.36. The molecule has 4 aromatic rings. The van der Waals surface area contributed by atoms with Crippen molar-refractivity contribution in [2.75, 3.05) is 5.32 Å². The van der Waals surface area contributed by atoms with Gasteiger partial charge in [0.15, 0.2) is 0 Å². The second-order valence-electron chi connectivity index (χ2n) is 7.65. The molecule has 0 aliphatic heterocycles. The van der Waals surface area contributed by atoms with E-state index in [0.717, 1.165) is 54.2 Å². The molecule has 0 saturated carbocycles. The predicted molar refractivity (Wildman–Crippen MR) is 114 cm³/mol. The number of thiophene rings is 1. The molecule has 1 aromatic carbocycles. The van der Waals surface area contributed by atoms with Gasteiger partial charge < -0.3 is 10.4 Å². The number of aliphatic hydroxyl groups is 1. The quantitative estimate of drug-likeness (QED) is 0.535. The molecular formula is C21H23N5OS. The molecule has 2 N–H and O–H groups in total. The molecule has 0 radical (unpaired) electrons. The summed E-state index contributed by atoms with van der Waals surface area (Å²) in [6.45, 7) is 10.3. The van der Waals surface area contributed by atoms with Crippen LogP contribution in [0.5, 0.6) is 0 Å². The molecular weight excluding hydrogens is 370 g/mol. The minimum Gasteiger partial charge on any atom is -0.386 e. The van der Waals surface area contributed by atoms with E-state index in [2.05, 4.69) is 45.4 Å². The van der Waals surface area contributed by atoms with Gasteiger partial charge in [-0.25, -0.2) is 9.97 Å². The van der Waals surface area contributed by atoms with E-state index in [4.69, 9.17) is 0 Å². The van der Waals surface area contributed by atoms with Crippen molar-refractivity contribution < 1.29 is 5.11 Å². The molecule has 0 fully saturated rings. The third-order valence-corrected chi connectivity index (χ3v) is 6.23. The van der Waals surface area contributed by atoms with Crippen molar-refractivity contribution in [2.45, 2.75) is 46.8 Å². The van der Waals surface area contributed by atoms with E-state index in [1.807, 2.05) is 19.1 Å². The normalized spacial score (nSPS) is 12.1. The fraction of sp³-hybridized carbons (Fsp3) is 0.333. The van der Waals surface area contributed by atoms with E-state index in [1.54, 1.807) is 31.5 Å². The molecule has 0 bridgehead atoms. The summed E-state index contributed by atoms with van der Waals surface area (Å²) in [6, 6.07) is 6.06. The van der Waals surface area contributed by atoms with Crippen molar-refractivity contribution >= 4 is 37.6 Å². The number of benzene rings is 1. The average molecular weight is 394 g/mol. The molecule has 6 nitrogen and oxygen atoms in total. The van der Waals surface area contributed by atoms with E-state index < -0.39 is 5.60 Å². The van der Waals surface area contributed by atoms with Crippen LogP contribution in [0.15, 0.2) is 24.5 Å². The molecule has 3 heterocycles. The van der Waals surface area contributed by atoms with Crippen LogP contribution in [0.3, 0.4) is 0 Å². The highest BCUT2D eigenvalue weighted by molar-refractivity contribution is 7.25. The van der Waals surface area contributed by atoms with Crippen molar-refractivity contribution in [1.29, 1.82) is 0 Å². The second-order valence-corrected chi connectivity index (χ2v) is 8.65. The Hall–Kier alpha value is -2.64. The van der Waals surface area contributed by atoms with Gasteiger partial charge in [-0.1, -0.05) is 18.2 Å². The van der Waals surface area contributed by atoms with Crippen LogP contribution in [-0.2, 0) is 12.1 Å². The van der Waals surface area contributed by atoms with Crippen LogP contribution in [0, 0.1) is 20.8 Å². The van der Waals surface area contributed by atoms with Gasteiger partial charge in [0.2, 0.25) is 0 Å². The lowest BCUT2D eigenvalue weighted by Crippen LogP contribution is -2.16. The first-order valence-corrected chi connectivity index (χ1v) is 10.0. The Morgan fingerprint density at radius 2 is 1.89 bits per heavy atom. The third kappa shape index (κ3) is 3.21. The third-order valence-electron chi connectivity index (χ3n) is 5.16. The number of fused-ring (bicyclic) bond motifs is 3. The van der Waals surface area contributed by atoms with Gasteiger partial charge >= 0.3 is 0 Å². The largest absolute Gasteiger partial charge is 0.386 e. The highest BCUT2D eigenvalue weighted by Crippen LogP contribution is 2.36. The van der Waals surface area contributed by atoms with Crippen molar-refractivity contribution in [3.63, 3.8) is 0 Å². The second kappa shape index (κ2) is 6.76. The Bertz CT molecular complexity index is 1190. The topological polar surface area (TPSA) is 83.8 Å². The lowest BCUT2D eigenvalue weighted by Gasteiger charge is -2.19. The maximum absolute atomic E-state index is 10.2. The standard InChI is InChI=1S/C21H23N5OS/c1-11-8-15(21(4,5)27)7-6-14(11)9-22-19-18-17(23-10-24-19)16-12(2)13(3)25-26-20(16)28-18/h6-8,10,27H,9H2,1-5H3,(H,22,23,24). The Morgan fingerprint density at radius 1 is 1.11 bits per heavy atom. The SMILES string of the molecule is Cc1cc(C(C)(C)O)ccc1CNc1ncnc2c1sc1nnc(C)c(C)c12. The Labute approximate surface area is 167 Å². The van der Waals surface area contributed by atoms with Crippen molar-refractivity contribution in [1.82, 2.24) is 20.2 Å². The average Bonchev–Trinajstić information content (AvgIpc) is 3.03. The zero-order chi connectivity index (χ0) is 20.1. The first-order chi connectivity index (χ1) is 13.3. The first kappa shape index (κ1) is 18.7. The van der Waals surface area contributed by atoms with Crippen LogP contribution >= 0.6 is 11.3 Å². The number of aromatic nitrogens is 4. The smallest absolute Gasteiger partial charge is 0.149 e. The lowest BCUT2D eigenvalue weighted by molar-refractivity contribution is 0.0785. The van der Waals surface area contributed by atoms with Gasteiger partial charge in [0.1, 0.15) is 17.0 Å². The number of nitrogens with zero attached hydrogens (tertiary/aromatic N) is 4. The highest BCUT2D eigenvalue weighted by Gasteiger charge is 2.18. The summed E-state index contributed by atoms with van der Waals surface area (Å²) >= 11 is 1.56. The van der Waals surface area contributed by atoms with Gasteiger partial charge in [-0.15, -0.1) is 16.4 Å². The van der Waals surface area contributed by atoms with E-state index in [0.29, 0.717) is 6.54 Å². The summed E-state index contributed by atoms with van der Waals surface area (Å²) in [5.74, 6) is 0.802. The molecule has 144 valence electrons. The monoisotopic (exact) mass is 393 g/mol. The van der Waals surface area contributed by atoms with Gasteiger partial charge in [-0.2, -0.15) is 5.10 Å². The van der Waals surface area contributed by atoms with Crippen LogP contribution in [-0.4, -0.2) is 25.3 Å². The summed E-state index contributed by atoms with van der Waals surface area (Å²) in [7, 11) is 0. The van der Waals surface area contributed by atoms with E-state index in [-0.39, 0.29) is 0 Å². The molecule has 0 aliphatic carbocycles. The fourth-order valence-electron chi connectivity index (χ4n) is 3.26. The molecule has 0 atom stereocenters. The summed E-state index contributed by atoms with van der Waals surface area (Å²) in [4.78, 5) is 9.84. The Morgan fingerprint density at radius 3 is 2.61 bits per heavy atom. The molecule has 0 spiro atoms. The number of hydrogen-bond donors (Lipinski definition) is 2. The minimum atomic E-state index is -0.844. The molecule has 4 rings (SSSR count). The maximum Gasteiger partial charge on any atom is 0.149 e. The first-order valence-electron chi connectivity index (χ1n) is 9.19. The zero-order valence-corrected chi connectivity index (χ0v) is 17.5. The highest BCUT2D eigenvalue weighted by atomic mass is 32.1. The van der Waals surface area contributed by atoms with Crippen LogP contribution in [0.25, 0.3) is 20.4 Å². The van der Waals surface area contributed by atoms with Crippen LogP contribution in [0.4, 0.5) is 5.82 Å². The van der Waals surface area contributed by atoms with Crippen molar-refractivity contribution in [3.8, 4) is 0 Å². The van der Waals surface area contributed by atoms with Gasteiger partial charge in [0, 0.05) is 11.9 Å². The number of anilines is 1. The minimum absolute atomic E-state index is 0.641. The molecule has 28 heavy (non-hydrogen) atoms. The molecule has 7 heteroatoms. The van der Waals surface area contributed by atoms with Crippen LogP contribution in [0.2, 0.25) is 0 Å². The molecule has 3 aromatic heterocycles. The molecule has 0 unspecified atom stereocenters. The number of nitrogens with one attached hydrogen (secondary N) is 1. The van der Waals surface area contributed by atoms with Crippen molar-refractivity contribution in [2.24, 2.45) is 0 Å². The van der Waals surface area contributed by atoms with Gasteiger partial charge in [0.25, 0.3) is 0 Å². The van der Waals surface area contributed by atoms with Gasteiger partial charge in [-0.3, -0.25) is 0 Å². The number of aryl methyl sites for hydroxylation is 3. The van der Waals surface area contributed by atoms with Crippen molar-refractivity contribution in [3.05, 3.63) is 52.5 Å². The van der Waals surface area contributed by atoms with Crippen LogP contribution in [0.1, 0.15) is 41.8 Å². The zero-order valence-electron chi connectivity index (χ0n) is 16.7. The maximum atomic E-state index is 10.2. The Balaban J connectivity index is 1.69. The summed E-state index contributed by atoms with van der Waals surface area (Å²) in [5.41, 5.74) is 5.30. The predicted octanol–water partition coefficient (Wildman–Crippen LogP) is 4.40. The summed E-state index contributed by atoms with van der Waals surface area (Å²) in [6.07, 6.45) is 1.59. The number of hydrogen-bond acceptors (Lipinski definition) is 7. The molecule has 0 amide bonds. The van der Waals surface area contributed by atoms with E-state index in [9.17, 15) is 5.11 Å². The van der Waals surface area contributed by atoms with Gasteiger partial charge in [-0.05, 0) is 56.9 Å². The summed E-state index contributed by atoms with van der Waals surface area (Å²) < 4.78 is 0.992. The van der Waals surface area contributed by atoms with E-state index >= 15 is 0 Å².